The van der Waals surface area contributed by atoms with Crippen molar-refractivity contribution in [1.82, 2.24) is 0 Å². The Kier molecular flexibility index (Phi) is 5.00. The highest BCUT2D eigenvalue weighted by molar-refractivity contribution is 5.67. The Balaban J connectivity index is 2.64. The molecule has 0 fully saturated rings. The number of nitrogens with zero attached hydrogens (tertiary/aromatic N) is 1. The van der Waals surface area contributed by atoms with Crippen molar-refractivity contribution in [2.45, 2.75) is 12.8 Å². The van der Waals surface area contributed by atoms with Gasteiger partial charge < -0.3 is 24.7 Å². The molecule has 0 N–H and O–H groups in total. The van der Waals surface area contributed by atoms with Crippen molar-refractivity contribution in [2.75, 3.05) is 18.0 Å². The summed E-state index contributed by atoms with van der Waals surface area (Å²) >= 11 is 0. The van der Waals surface area contributed by atoms with E-state index in [1.54, 1.807) is 29.2 Å². The first-order valence-electron chi connectivity index (χ1n) is 5.29. The molecule has 17 heavy (non-hydrogen) atoms. The van der Waals surface area contributed by atoms with E-state index in [0.717, 1.165) is 5.69 Å². The van der Waals surface area contributed by atoms with Gasteiger partial charge in [0.1, 0.15) is 0 Å². The fourth-order valence-electron chi connectivity index (χ4n) is 1.46. The average molecular weight is 235 g/mol. The summed E-state index contributed by atoms with van der Waals surface area (Å²) in [6.07, 6.45) is -0.274. The maximum absolute atomic E-state index is 10.4. The number of carbonyl (C=O) groups excluding carboxylic acids is 2. The molecule has 1 rings (SSSR count). The van der Waals surface area contributed by atoms with Crippen molar-refractivity contribution in [3.8, 4) is 0 Å². The van der Waals surface area contributed by atoms with Gasteiger partial charge in [0.25, 0.3) is 0 Å². The lowest BCUT2D eigenvalue weighted by atomic mass is 10.2. The van der Waals surface area contributed by atoms with E-state index in [1.807, 2.05) is 6.07 Å². The number of aliphatic carboxylic acids is 2. The lowest BCUT2D eigenvalue weighted by Crippen LogP contribution is -2.34. The van der Waals surface area contributed by atoms with Gasteiger partial charge in [-0.1, -0.05) is 18.2 Å². The Morgan fingerprint density at radius 1 is 0.941 bits per heavy atom. The molecular formula is C12H13NO4-2. The van der Waals surface area contributed by atoms with E-state index in [4.69, 9.17) is 0 Å². The first kappa shape index (κ1) is 13.0. The Labute approximate surface area is 99.3 Å². The molecule has 92 valence electrons. The van der Waals surface area contributed by atoms with Crippen LogP contribution in [0, 0.1) is 0 Å². The van der Waals surface area contributed by atoms with Gasteiger partial charge in [0.2, 0.25) is 0 Å². The van der Waals surface area contributed by atoms with Gasteiger partial charge in [0, 0.05) is 43.6 Å². The molecule has 0 aliphatic heterocycles. The zero-order chi connectivity index (χ0) is 12.7. The van der Waals surface area contributed by atoms with Crippen LogP contribution in [0.4, 0.5) is 5.69 Å². The monoisotopic (exact) mass is 235 g/mol. The molecule has 1 aromatic rings. The van der Waals surface area contributed by atoms with E-state index >= 15 is 0 Å². The van der Waals surface area contributed by atoms with Crippen LogP contribution in [0.2, 0.25) is 0 Å². The van der Waals surface area contributed by atoms with Crippen molar-refractivity contribution in [3.05, 3.63) is 30.3 Å². The first-order chi connectivity index (χ1) is 8.09. The van der Waals surface area contributed by atoms with Crippen LogP contribution >= 0.6 is 0 Å². The summed E-state index contributed by atoms with van der Waals surface area (Å²) in [5.74, 6) is -2.31. The SMILES string of the molecule is O=C([O-])CCN(CCC(=O)[O-])c1ccccc1. The second kappa shape index (κ2) is 6.52. The van der Waals surface area contributed by atoms with E-state index in [2.05, 4.69) is 0 Å². The highest BCUT2D eigenvalue weighted by Gasteiger charge is 2.05. The van der Waals surface area contributed by atoms with Gasteiger partial charge in [-0.2, -0.15) is 0 Å². The van der Waals surface area contributed by atoms with E-state index in [0.29, 0.717) is 0 Å². The smallest absolute Gasteiger partial charge is 0.0431 e. The van der Waals surface area contributed by atoms with Gasteiger partial charge in [-0.3, -0.25) is 0 Å². The molecular weight excluding hydrogens is 222 g/mol. The van der Waals surface area contributed by atoms with Crippen molar-refractivity contribution in [2.24, 2.45) is 0 Å². The second-order valence-electron chi connectivity index (χ2n) is 3.57. The van der Waals surface area contributed by atoms with Gasteiger partial charge >= 0.3 is 0 Å². The predicted molar refractivity (Wildman–Crippen MR) is 57.9 cm³/mol. The van der Waals surface area contributed by atoms with E-state index in [-0.39, 0.29) is 25.9 Å². The molecule has 1 aromatic carbocycles. The lowest BCUT2D eigenvalue weighted by Gasteiger charge is -2.25. The molecule has 0 aromatic heterocycles. The Morgan fingerprint density at radius 3 is 1.82 bits per heavy atom. The molecule has 0 heterocycles. The third kappa shape index (κ3) is 5.01. The summed E-state index contributed by atoms with van der Waals surface area (Å²) < 4.78 is 0. The average Bonchev–Trinajstić information content (AvgIpc) is 2.29. The molecule has 0 bridgehead atoms. The normalized spacial score (nSPS) is 9.88. The highest BCUT2D eigenvalue weighted by atomic mass is 16.4. The number of rotatable bonds is 7. The summed E-state index contributed by atoms with van der Waals surface area (Å²) in [6, 6.07) is 9.04. The molecule has 0 spiro atoms. The van der Waals surface area contributed by atoms with Crippen LogP contribution in [0.15, 0.2) is 30.3 Å². The summed E-state index contributed by atoms with van der Waals surface area (Å²) in [5, 5.41) is 20.8. The minimum atomic E-state index is -1.15. The number of anilines is 1. The van der Waals surface area contributed by atoms with Crippen LogP contribution in [-0.2, 0) is 9.59 Å². The number of carbonyl (C=O) groups is 2. The molecule has 0 radical (unpaired) electrons. The predicted octanol–water partition coefficient (Wildman–Crippen LogP) is -1.23. The standard InChI is InChI=1S/C12H15NO4/c14-11(15)6-8-13(9-7-12(16)17)10-4-2-1-3-5-10/h1-5H,6-9H2,(H,14,15)(H,16,17)/p-2. The van der Waals surface area contributed by atoms with E-state index < -0.39 is 11.9 Å². The molecule has 0 saturated carbocycles. The summed E-state index contributed by atoms with van der Waals surface area (Å²) in [4.78, 5) is 22.5. The van der Waals surface area contributed by atoms with Crippen LogP contribution < -0.4 is 15.1 Å². The van der Waals surface area contributed by atoms with Crippen LogP contribution in [-0.4, -0.2) is 25.0 Å². The van der Waals surface area contributed by atoms with Crippen LogP contribution in [0.3, 0.4) is 0 Å². The molecule has 0 saturated heterocycles. The number of carboxylic acid groups (broad SMARTS) is 2. The molecule has 5 heteroatoms. The molecule has 0 amide bonds. The zero-order valence-electron chi connectivity index (χ0n) is 9.30. The van der Waals surface area contributed by atoms with E-state index in [1.165, 1.54) is 0 Å². The van der Waals surface area contributed by atoms with Crippen molar-refractivity contribution >= 4 is 17.6 Å². The highest BCUT2D eigenvalue weighted by Crippen LogP contribution is 2.13. The summed E-state index contributed by atoms with van der Waals surface area (Å²) in [6.45, 7) is 0.444. The second-order valence-corrected chi connectivity index (χ2v) is 3.57. The van der Waals surface area contributed by atoms with Crippen LogP contribution in [0.1, 0.15) is 12.8 Å². The van der Waals surface area contributed by atoms with Gasteiger partial charge in [-0.05, 0) is 12.1 Å². The largest absolute Gasteiger partial charge is 0.550 e. The van der Waals surface area contributed by atoms with E-state index in [9.17, 15) is 19.8 Å². The molecule has 0 aliphatic rings. The van der Waals surface area contributed by atoms with Gasteiger partial charge in [0.15, 0.2) is 0 Å². The maximum atomic E-state index is 10.4. The first-order valence-corrected chi connectivity index (χ1v) is 5.29. The number of hydrogen-bond donors (Lipinski definition) is 0. The van der Waals surface area contributed by atoms with Gasteiger partial charge in [0.05, 0.1) is 0 Å². The number of para-hydroxylation sites is 1. The lowest BCUT2D eigenvalue weighted by molar-refractivity contribution is -0.306. The van der Waals surface area contributed by atoms with Crippen molar-refractivity contribution in [3.63, 3.8) is 0 Å². The third-order valence-corrected chi connectivity index (χ3v) is 2.29. The number of benzene rings is 1. The molecule has 5 nitrogen and oxygen atoms in total. The Morgan fingerprint density at radius 2 is 1.41 bits per heavy atom. The minimum Gasteiger partial charge on any atom is -0.550 e. The summed E-state index contributed by atoms with van der Waals surface area (Å²) in [7, 11) is 0. The number of hydrogen-bond acceptors (Lipinski definition) is 5. The van der Waals surface area contributed by atoms with Crippen molar-refractivity contribution in [1.29, 1.82) is 0 Å². The summed E-state index contributed by atoms with van der Waals surface area (Å²) in [5.41, 5.74) is 0.787. The maximum Gasteiger partial charge on any atom is 0.0431 e. The molecule has 0 atom stereocenters. The quantitative estimate of drug-likeness (QED) is 0.591. The fraction of sp³-hybridized carbons (Fsp3) is 0.333. The molecule has 0 aliphatic carbocycles. The number of carboxylic acids is 2. The topological polar surface area (TPSA) is 83.5 Å². The third-order valence-electron chi connectivity index (χ3n) is 2.29. The van der Waals surface area contributed by atoms with Gasteiger partial charge in [-0.25, -0.2) is 0 Å². The molecule has 0 unspecified atom stereocenters. The zero-order valence-corrected chi connectivity index (χ0v) is 9.30. The van der Waals surface area contributed by atoms with Gasteiger partial charge in [-0.15, -0.1) is 0 Å². The Hall–Kier alpha value is -2.04. The van der Waals surface area contributed by atoms with Crippen LogP contribution in [0.5, 0.6) is 0 Å². The van der Waals surface area contributed by atoms with Crippen molar-refractivity contribution < 1.29 is 19.8 Å². The fourth-order valence-corrected chi connectivity index (χ4v) is 1.46. The Bertz CT molecular complexity index is 359. The van der Waals surface area contributed by atoms with Crippen LogP contribution in [0.25, 0.3) is 0 Å². The minimum absolute atomic E-state index is 0.137.